The zero-order valence-corrected chi connectivity index (χ0v) is 8.75. The van der Waals surface area contributed by atoms with E-state index >= 15 is 0 Å². The van der Waals surface area contributed by atoms with E-state index in [2.05, 4.69) is 0 Å². The van der Waals surface area contributed by atoms with E-state index in [0.717, 1.165) is 0 Å². The number of methoxy groups -OCH3 is 1. The van der Waals surface area contributed by atoms with Crippen molar-refractivity contribution in [2.75, 3.05) is 12.8 Å². The van der Waals surface area contributed by atoms with Gasteiger partial charge >= 0.3 is 5.97 Å². The molecule has 15 heavy (non-hydrogen) atoms. The molecule has 0 saturated heterocycles. The van der Waals surface area contributed by atoms with Gasteiger partial charge in [0.15, 0.2) is 0 Å². The predicted octanol–water partition coefficient (Wildman–Crippen LogP) is 1.75. The number of hydrogen-bond donors (Lipinski definition) is 2. The van der Waals surface area contributed by atoms with Crippen molar-refractivity contribution in [1.29, 1.82) is 0 Å². The monoisotopic (exact) mass is 231 g/mol. The Balaban J connectivity index is 2.88. The largest absolute Gasteiger partial charge is 0.497 e. The average molecular weight is 231 g/mol. The highest BCUT2D eigenvalue weighted by atomic mass is 32.2. The molecule has 0 heterocycles. The van der Waals surface area contributed by atoms with Gasteiger partial charge in [-0.2, -0.15) is 0 Å². The molecular weight excluding hydrogens is 221 g/mol. The molecule has 82 valence electrons. The van der Waals surface area contributed by atoms with Gasteiger partial charge < -0.3 is 15.6 Å². The van der Waals surface area contributed by atoms with Crippen molar-refractivity contribution in [1.82, 2.24) is 0 Å². The predicted molar refractivity (Wildman–Crippen MR) is 55.8 cm³/mol. The maximum absolute atomic E-state index is 12.9. The first-order chi connectivity index (χ1) is 7.04. The summed E-state index contributed by atoms with van der Waals surface area (Å²) in [6.45, 7) is 0. The number of aliphatic carboxylic acids is 1. The molecule has 0 spiro atoms. The first kappa shape index (κ1) is 11.6. The summed E-state index contributed by atoms with van der Waals surface area (Å²) in [7, 11) is 1.46. The fourth-order valence-electron chi connectivity index (χ4n) is 0.906. The quantitative estimate of drug-likeness (QED) is 0.610. The van der Waals surface area contributed by atoms with Gasteiger partial charge in [0.05, 0.1) is 7.11 Å². The van der Waals surface area contributed by atoms with Crippen LogP contribution in [0.1, 0.15) is 0 Å². The number of carbonyl (C=O) groups is 1. The van der Waals surface area contributed by atoms with Gasteiger partial charge in [0.2, 0.25) is 5.50 Å². The summed E-state index contributed by atoms with van der Waals surface area (Å²) in [5.41, 5.74) is 3.85. The van der Waals surface area contributed by atoms with Crippen LogP contribution in [0.3, 0.4) is 0 Å². The van der Waals surface area contributed by atoms with E-state index in [0.29, 0.717) is 28.1 Å². The SMILES string of the molecule is COc1ccc(N)c(SC(F)C(=O)O)c1. The fourth-order valence-corrected chi connectivity index (χ4v) is 1.62. The number of hydrogen-bond acceptors (Lipinski definition) is 4. The zero-order valence-electron chi connectivity index (χ0n) is 7.94. The number of nitrogen functional groups attached to an aromatic ring is 1. The molecule has 4 nitrogen and oxygen atoms in total. The molecule has 1 unspecified atom stereocenters. The van der Waals surface area contributed by atoms with Gasteiger partial charge in [-0.25, -0.2) is 9.18 Å². The number of rotatable bonds is 4. The molecule has 6 heteroatoms. The molecule has 0 aliphatic heterocycles. The molecule has 1 atom stereocenters. The van der Waals surface area contributed by atoms with Crippen molar-refractivity contribution in [2.24, 2.45) is 0 Å². The molecule has 0 aliphatic carbocycles. The summed E-state index contributed by atoms with van der Waals surface area (Å²) >= 11 is 0.537. The molecule has 0 aliphatic rings. The molecule has 0 bridgehead atoms. The number of thioether (sulfide) groups is 1. The van der Waals surface area contributed by atoms with Crippen LogP contribution >= 0.6 is 11.8 Å². The van der Waals surface area contributed by atoms with E-state index in [-0.39, 0.29) is 0 Å². The molecule has 1 aromatic carbocycles. The van der Waals surface area contributed by atoms with Crippen LogP contribution in [-0.2, 0) is 4.79 Å². The van der Waals surface area contributed by atoms with Crippen molar-refractivity contribution < 1.29 is 19.0 Å². The highest BCUT2D eigenvalue weighted by Crippen LogP contribution is 2.32. The third kappa shape index (κ3) is 3.02. The number of carboxylic acids is 1. The standard InChI is InChI=1S/C9H10FNO3S/c1-14-5-2-3-6(11)7(4-5)15-8(10)9(12)13/h2-4,8H,11H2,1H3,(H,12,13). The first-order valence-electron chi connectivity index (χ1n) is 4.01. The minimum Gasteiger partial charge on any atom is -0.497 e. The summed E-state index contributed by atoms with van der Waals surface area (Å²) in [4.78, 5) is 10.7. The minimum atomic E-state index is -2.03. The maximum Gasteiger partial charge on any atom is 0.349 e. The van der Waals surface area contributed by atoms with Crippen LogP contribution in [0.25, 0.3) is 0 Å². The Morgan fingerprint density at radius 2 is 2.33 bits per heavy atom. The summed E-state index contributed by atoms with van der Waals surface area (Å²) in [5.74, 6) is -1.02. The summed E-state index contributed by atoms with van der Waals surface area (Å²) in [6.07, 6.45) is 0. The molecule has 0 fully saturated rings. The number of carboxylic acid groups (broad SMARTS) is 1. The van der Waals surface area contributed by atoms with Gasteiger partial charge in [0.25, 0.3) is 0 Å². The topological polar surface area (TPSA) is 72.5 Å². The second-order valence-corrected chi connectivity index (χ2v) is 3.77. The van der Waals surface area contributed by atoms with Crippen LogP contribution in [0, 0.1) is 0 Å². The molecule has 0 saturated carbocycles. The van der Waals surface area contributed by atoms with Gasteiger partial charge in [-0.05, 0) is 18.2 Å². The Labute approximate surface area is 90.2 Å². The normalized spacial score (nSPS) is 12.1. The Morgan fingerprint density at radius 1 is 1.67 bits per heavy atom. The van der Waals surface area contributed by atoms with Gasteiger partial charge in [-0.1, -0.05) is 11.8 Å². The summed E-state index contributed by atoms with van der Waals surface area (Å²) in [6, 6.07) is 4.65. The van der Waals surface area contributed by atoms with E-state index in [1.54, 1.807) is 6.07 Å². The summed E-state index contributed by atoms with van der Waals surface area (Å²) in [5, 5.41) is 8.39. The maximum atomic E-state index is 12.9. The number of alkyl halides is 1. The first-order valence-corrected chi connectivity index (χ1v) is 4.89. The molecule has 3 N–H and O–H groups in total. The highest BCUT2D eigenvalue weighted by molar-refractivity contribution is 8.00. The van der Waals surface area contributed by atoms with Gasteiger partial charge in [-0.15, -0.1) is 0 Å². The number of nitrogens with two attached hydrogens (primary N) is 1. The van der Waals surface area contributed by atoms with E-state index in [9.17, 15) is 9.18 Å². The number of ether oxygens (including phenoxy) is 1. The van der Waals surface area contributed by atoms with Crippen LogP contribution in [0.2, 0.25) is 0 Å². The van der Waals surface area contributed by atoms with Crippen molar-refractivity contribution in [3.8, 4) is 5.75 Å². The molecule has 0 aromatic heterocycles. The third-order valence-electron chi connectivity index (χ3n) is 1.65. The number of halogens is 1. The Hall–Kier alpha value is -1.43. The fraction of sp³-hybridized carbons (Fsp3) is 0.222. The van der Waals surface area contributed by atoms with E-state index in [1.165, 1.54) is 19.2 Å². The van der Waals surface area contributed by atoms with Crippen molar-refractivity contribution in [3.05, 3.63) is 18.2 Å². The highest BCUT2D eigenvalue weighted by Gasteiger charge is 2.18. The molecule has 1 aromatic rings. The number of anilines is 1. The molecule has 1 rings (SSSR count). The molecule has 0 radical (unpaired) electrons. The average Bonchev–Trinajstić information content (AvgIpc) is 2.21. The van der Waals surface area contributed by atoms with Crippen LogP contribution < -0.4 is 10.5 Å². The zero-order chi connectivity index (χ0) is 11.4. The Morgan fingerprint density at radius 3 is 2.87 bits per heavy atom. The third-order valence-corrected chi connectivity index (χ3v) is 2.66. The number of benzene rings is 1. The van der Waals surface area contributed by atoms with Gasteiger partial charge in [0, 0.05) is 10.6 Å². The van der Waals surface area contributed by atoms with Crippen molar-refractivity contribution in [3.63, 3.8) is 0 Å². The Kier molecular flexibility index (Phi) is 3.79. The van der Waals surface area contributed by atoms with Crippen molar-refractivity contribution in [2.45, 2.75) is 10.4 Å². The van der Waals surface area contributed by atoms with Crippen molar-refractivity contribution >= 4 is 23.4 Å². The van der Waals surface area contributed by atoms with Crippen LogP contribution in [0.15, 0.2) is 23.1 Å². The molecule has 0 amide bonds. The van der Waals surface area contributed by atoms with Gasteiger partial charge in [0.1, 0.15) is 5.75 Å². The smallest absolute Gasteiger partial charge is 0.349 e. The lowest BCUT2D eigenvalue weighted by molar-refractivity contribution is -0.139. The minimum absolute atomic E-state index is 0.324. The lowest BCUT2D eigenvalue weighted by atomic mass is 10.3. The summed E-state index contributed by atoms with van der Waals surface area (Å²) < 4.78 is 17.8. The second kappa shape index (κ2) is 4.88. The van der Waals surface area contributed by atoms with Crippen LogP contribution in [0.4, 0.5) is 10.1 Å². The lowest BCUT2D eigenvalue weighted by Crippen LogP contribution is -2.09. The van der Waals surface area contributed by atoms with E-state index < -0.39 is 11.5 Å². The van der Waals surface area contributed by atoms with Crippen LogP contribution in [-0.4, -0.2) is 23.7 Å². The lowest BCUT2D eigenvalue weighted by Gasteiger charge is -2.08. The second-order valence-electron chi connectivity index (χ2n) is 2.68. The Bertz CT molecular complexity index is 372. The van der Waals surface area contributed by atoms with E-state index in [1.807, 2.05) is 0 Å². The van der Waals surface area contributed by atoms with Gasteiger partial charge in [-0.3, -0.25) is 0 Å². The van der Waals surface area contributed by atoms with Crippen LogP contribution in [0.5, 0.6) is 5.75 Å². The molecular formula is C9H10FNO3S. The van der Waals surface area contributed by atoms with E-state index in [4.69, 9.17) is 15.6 Å².